The minimum Gasteiger partial charge on any atom is -0.238 e. The van der Waals surface area contributed by atoms with Crippen molar-refractivity contribution in [2.24, 2.45) is 0 Å². The molecule has 0 saturated carbocycles. The number of rotatable bonds is 1. The summed E-state index contributed by atoms with van der Waals surface area (Å²) in [5.41, 5.74) is 0.391. The zero-order chi connectivity index (χ0) is 13.3. The fourth-order valence-corrected chi connectivity index (χ4v) is 1.54. The minimum absolute atomic E-state index is 0.387. The summed E-state index contributed by atoms with van der Waals surface area (Å²) < 4.78 is 38.7. The maximum absolute atomic E-state index is 12.5. The monoisotopic (exact) mass is 251 g/mol. The number of nitrogens with zero attached hydrogens (tertiary/aromatic N) is 3. The molecule has 18 heavy (non-hydrogen) atoms. The largest absolute Gasteiger partial charge is 0.435 e. The fraction of sp³-hybridized carbons (Fsp3) is 0.167. The van der Waals surface area contributed by atoms with Gasteiger partial charge in [0.05, 0.1) is 12.3 Å². The number of benzene rings is 1. The highest BCUT2D eigenvalue weighted by molar-refractivity contribution is 5.49. The van der Waals surface area contributed by atoms with E-state index in [1.165, 1.54) is 16.8 Å². The SMILES string of the molecule is [C-]#[N+]c1ccc(-n2nc(C(F)(F)F)cc2C)cc1. The van der Waals surface area contributed by atoms with Crippen molar-refractivity contribution in [1.82, 2.24) is 9.78 Å². The van der Waals surface area contributed by atoms with E-state index in [2.05, 4.69) is 9.94 Å². The summed E-state index contributed by atoms with van der Waals surface area (Å²) >= 11 is 0. The average molecular weight is 251 g/mol. The Hall–Kier alpha value is -2.29. The Morgan fingerprint density at radius 1 is 1.22 bits per heavy atom. The van der Waals surface area contributed by atoms with E-state index in [9.17, 15) is 13.2 Å². The Morgan fingerprint density at radius 2 is 1.83 bits per heavy atom. The van der Waals surface area contributed by atoms with E-state index in [1.807, 2.05) is 0 Å². The molecule has 2 rings (SSSR count). The number of aromatic nitrogens is 2. The van der Waals surface area contributed by atoms with Crippen LogP contribution in [-0.4, -0.2) is 9.78 Å². The number of alkyl halides is 3. The molecule has 0 atom stereocenters. The molecule has 1 aromatic heterocycles. The van der Waals surface area contributed by atoms with E-state index < -0.39 is 11.9 Å². The molecule has 3 nitrogen and oxygen atoms in total. The zero-order valence-corrected chi connectivity index (χ0v) is 9.36. The van der Waals surface area contributed by atoms with E-state index >= 15 is 0 Å². The predicted molar refractivity (Wildman–Crippen MR) is 59.6 cm³/mol. The molecule has 0 saturated heterocycles. The lowest BCUT2D eigenvalue weighted by Gasteiger charge is -2.04. The second kappa shape index (κ2) is 4.18. The molecule has 0 bridgehead atoms. The van der Waals surface area contributed by atoms with Gasteiger partial charge < -0.3 is 0 Å². The molecule has 0 spiro atoms. The standard InChI is InChI=1S/C12H8F3N3/c1-8-7-11(12(13,14)15)17-18(8)10-5-3-9(16-2)4-6-10/h3-7H,1H3. The summed E-state index contributed by atoms with van der Waals surface area (Å²) in [6.07, 6.45) is -4.45. The fourth-order valence-electron chi connectivity index (χ4n) is 1.54. The van der Waals surface area contributed by atoms with Crippen molar-refractivity contribution in [3.05, 3.63) is 53.1 Å². The molecule has 6 heteroatoms. The third-order valence-electron chi connectivity index (χ3n) is 2.40. The third kappa shape index (κ3) is 2.20. The van der Waals surface area contributed by atoms with E-state index in [-0.39, 0.29) is 0 Å². The molecule has 0 unspecified atom stereocenters. The van der Waals surface area contributed by atoms with Crippen LogP contribution in [0.3, 0.4) is 0 Å². The minimum atomic E-state index is -4.45. The lowest BCUT2D eigenvalue weighted by molar-refractivity contribution is -0.141. The molecule has 0 amide bonds. The number of hydrogen-bond donors (Lipinski definition) is 0. The first-order valence-electron chi connectivity index (χ1n) is 5.03. The third-order valence-corrected chi connectivity index (χ3v) is 2.40. The highest BCUT2D eigenvalue weighted by Gasteiger charge is 2.34. The molecule has 0 aliphatic heterocycles. The van der Waals surface area contributed by atoms with E-state index in [0.717, 1.165) is 6.07 Å². The van der Waals surface area contributed by atoms with Gasteiger partial charge >= 0.3 is 6.18 Å². The summed E-state index contributed by atoms with van der Waals surface area (Å²) in [5.74, 6) is 0. The van der Waals surface area contributed by atoms with Crippen molar-refractivity contribution in [2.45, 2.75) is 13.1 Å². The van der Waals surface area contributed by atoms with Gasteiger partial charge in [0.1, 0.15) is 0 Å². The van der Waals surface area contributed by atoms with Crippen LogP contribution < -0.4 is 0 Å². The van der Waals surface area contributed by atoms with Gasteiger partial charge in [0.25, 0.3) is 0 Å². The number of halogens is 3. The zero-order valence-electron chi connectivity index (χ0n) is 9.36. The molecular weight excluding hydrogens is 243 g/mol. The second-order valence-corrected chi connectivity index (χ2v) is 3.71. The van der Waals surface area contributed by atoms with Crippen molar-refractivity contribution in [2.75, 3.05) is 0 Å². The Labute approximate surface area is 101 Å². The Morgan fingerprint density at radius 3 is 2.28 bits per heavy atom. The quantitative estimate of drug-likeness (QED) is 0.707. The lowest BCUT2D eigenvalue weighted by atomic mass is 10.3. The maximum atomic E-state index is 12.5. The molecule has 1 aromatic carbocycles. The highest BCUT2D eigenvalue weighted by atomic mass is 19.4. The van der Waals surface area contributed by atoms with Crippen molar-refractivity contribution >= 4 is 5.69 Å². The van der Waals surface area contributed by atoms with E-state index in [0.29, 0.717) is 17.1 Å². The van der Waals surface area contributed by atoms with Gasteiger partial charge in [0.15, 0.2) is 11.4 Å². The molecule has 1 heterocycles. The molecule has 0 fully saturated rings. The summed E-state index contributed by atoms with van der Waals surface area (Å²) in [5, 5.41) is 3.52. The normalized spacial score (nSPS) is 11.3. The van der Waals surface area contributed by atoms with Gasteiger partial charge in [-0.25, -0.2) is 9.53 Å². The molecule has 0 N–H and O–H groups in total. The van der Waals surface area contributed by atoms with E-state index in [1.54, 1.807) is 19.1 Å². The number of aryl methyl sites for hydroxylation is 1. The summed E-state index contributed by atoms with van der Waals surface area (Å²) in [6.45, 7) is 8.35. The number of hydrogen-bond acceptors (Lipinski definition) is 1. The van der Waals surface area contributed by atoms with Crippen molar-refractivity contribution in [3.63, 3.8) is 0 Å². The molecule has 92 valence electrons. The van der Waals surface area contributed by atoms with Crippen LogP contribution in [0.4, 0.5) is 18.9 Å². The molecular formula is C12H8F3N3. The van der Waals surface area contributed by atoms with Gasteiger partial charge in [0, 0.05) is 5.69 Å². The Balaban J connectivity index is 2.45. The predicted octanol–water partition coefficient (Wildman–Crippen LogP) is 3.75. The van der Waals surface area contributed by atoms with Crippen LogP contribution in [0.5, 0.6) is 0 Å². The summed E-state index contributed by atoms with van der Waals surface area (Å²) in [4.78, 5) is 3.21. The second-order valence-electron chi connectivity index (χ2n) is 3.71. The van der Waals surface area contributed by atoms with Gasteiger partial charge in [-0.15, -0.1) is 0 Å². The lowest BCUT2D eigenvalue weighted by Crippen LogP contribution is -2.07. The van der Waals surface area contributed by atoms with Crippen LogP contribution in [0.2, 0.25) is 0 Å². The highest BCUT2D eigenvalue weighted by Crippen LogP contribution is 2.29. The summed E-state index contributed by atoms with van der Waals surface area (Å²) in [6, 6.07) is 7.19. The summed E-state index contributed by atoms with van der Waals surface area (Å²) in [7, 11) is 0. The molecule has 0 aliphatic rings. The topological polar surface area (TPSA) is 22.2 Å². The first-order chi connectivity index (χ1) is 8.41. The van der Waals surface area contributed by atoms with Crippen LogP contribution in [0.15, 0.2) is 30.3 Å². The Bertz CT molecular complexity index is 603. The van der Waals surface area contributed by atoms with Crippen molar-refractivity contribution in [3.8, 4) is 5.69 Å². The van der Waals surface area contributed by atoms with Crippen LogP contribution in [0.1, 0.15) is 11.4 Å². The van der Waals surface area contributed by atoms with Crippen molar-refractivity contribution < 1.29 is 13.2 Å². The van der Waals surface area contributed by atoms with Gasteiger partial charge in [-0.2, -0.15) is 18.3 Å². The van der Waals surface area contributed by atoms with Crippen LogP contribution >= 0.6 is 0 Å². The maximum Gasteiger partial charge on any atom is 0.435 e. The first-order valence-corrected chi connectivity index (χ1v) is 5.03. The molecule has 0 radical (unpaired) electrons. The average Bonchev–Trinajstić information content (AvgIpc) is 2.71. The molecule has 2 aromatic rings. The first kappa shape index (κ1) is 12.2. The van der Waals surface area contributed by atoms with Gasteiger partial charge in [-0.05, 0) is 25.1 Å². The van der Waals surface area contributed by atoms with E-state index in [4.69, 9.17) is 6.57 Å². The smallest absolute Gasteiger partial charge is 0.238 e. The molecule has 0 aliphatic carbocycles. The van der Waals surface area contributed by atoms with Crippen LogP contribution in [0, 0.1) is 13.5 Å². The van der Waals surface area contributed by atoms with Gasteiger partial charge in [-0.3, -0.25) is 0 Å². The Kier molecular flexibility index (Phi) is 2.83. The van der Waals surface area contributed by atoms with Crippen LogP contribution in [0.25, 0.3) is 10.5 Å². The van der Waals surface area contributed by atoms with Gasteiger partial charge in [0.2, 0.25) is 0 Å². The van der Waals surface area contributed by atoms with Crippen molar-refractivity contribution in [1.29, 1.82) is 0 Å². The van der Waals surface area contributed by atoms with Crippen LogP contribution in [-0.2, 0) is 6.18 Å². The van der Waals surface area contributed by atoms with Gasteiger partial charge in [-0.1, -0.05) is 12.1 Å².